The molecule has 0 fully saturated rings. The number of hydrogen-bond acceptors (Lipinski definition) is 6. The third kappa shape index (κ3) is 3.65. The summed E-state index contributed by atoms with van der Waals surface area (Å²) >= 11 is 0. The van der Waals surface area contributed by atoms with Crippen molar-refractivity contribution in [2.24, 2.45) is 0 Å². The predicted molar refractivity (Wildman–Crippen MR) is 92.2 cm³/mol. The molecule has 0 heterocycles. The van der Waals surface area contributed by atoms with Gasteiger partial charge < -0.3 is 22.3 Å². The second-order valence-electron chi connectivity index (χ2n) is 5.26. The summed E-state index contributed by atoms with van der Waals surface area (Å²) in [6.45, 7) is 5.08. The number of nitrogen functional groups attached to an aromatic ring is 1. The summed E-state index contributed by atoms with van der Waals surface area (Å²) in [7, 11) is -4.58. The minimum Gasteiger partial charge on any atom is -0.505 e. The van der Waals surface area contributed by atoms with Crippen LogP contribution in [0.3, 0.4) is 0 Å². The Hall–Kier alpha value is -2.62. The summed E-state index contributed by atoms with van der Waals surface area (Å²) in [4.78, 5) is 10.9. The highest BCUT2D eigenvalue weighted by atomic mass is 32.2. The number of anilines is 1. The second-order valence-corrected chi connectivity index (χ2v) is 6.65. The number of amides is 1. The first kappa shape index (κ1) is 19.4. The van der Waals surface area contributed by atoms with Crippen molar-refractivity contribution in [1.82, 2.24) is 11.5 Å². The minimum atomic E-state index is -4.58. The first-order chi connectivity index (χ1) is 10.6. The van der Waals surface area contributed by atoms with Crippen LogP contribution in [-0.4, -0.2) is 29.5 Å². The summed E-state index contributed by atoms with van der Waals surface area (Å²) in [5.41, 5.74) is 4.88. The molecule has 0 radical (unpaired) electrons. The van der Waals surface area contributed by atoms with Gasteiger partial charge >= 0.3 is 0 Å². The van der Waals surface area contributed by atoms with Crippen LogP contribution in [0.1, 0.15) is 18.1 Å². The van der Waals surface area contributed by atoms with Crippen molar-refractivity contribution in [3.8, 4) is 5.75 Å². The van der Waals surface area contributed by atoms with E-state index in [4.69, 9.17) is 5.73 Å². The number of phenols is 1. The van der Waals surface area contributed by atoms with E-state index in [-0.39, 0.29) is 11.7 Å². The zero-order valence-electron chi connectivity index (χ0n) is 13.0. The second kappa shape index (κ2) is 6.48. The van der Waals surface area contributed by atoms with Crippen LogP contribution in [0.5, 0.6) is 5.75 Å². The molecule has 0 aromatic heterocycles. The van der Waals surface area contributed by atoms with Gasteiger partial charge in [0.25, 0.3) is 10.1 Å². The lowest BCUT2D eigenvalue weighted by molar-refractivity contribution is -0.117. The Labute approximate surface area is 139 Å². The number of rotatable bonds is 3. The predicted octanol–water partition coefficient (Wildman–Crippen LogP) is 1.48. The molecule has 2 rings (SSSR count). The normalized spacial score (nSPS) is 18.9. The summed E-state index contributed by atoms with van der Waals surface area (Å²) in [6, 6.07) is 1.15. The molecule has 1 aliphatic carbocycles. The van der Waals surface area contributed by atoms with Gasteiger partial charge in [-0.05, 0) is 24.6 Å². The number of aromatic hydroxyl groups is 1. The van der Waals surface area contributed by atoms with Gasteiger partial charge in [0.2, 0.25) is 5.91 Å². The molecule has 1 aliphatic rings. The van der Waals surface area contributed by atoms with Gasteiger partial charge in [-0.3, -0.25) is 9.35 Å². The Morgan fingerprint density at radius 1 is 1.38 bits per heavy atom. The number of nitrogens with one attached hydrogen (secondary N) is 1. The Morgan fingerprint density at radius 3 is 2.50 bits per heavy atom. The summed E-state index contributed by atoms with van der Waals surface area (Å²) < 4.78 is 31.9. The van der Waals surface area contributed by atoms with Crippen molar-refractivity contribution in [3.05, 3.63) is 42.0 Å². The molecule has 24 heavy (non-hydrogen) atoms. The van der Waals surface area contributed by atoms with Gasteiger partial charge in [-0.15, -0.1) is 0 Å². The quantitative estimate of drug-likeness (QED) is 0.237. The molecule has 8 nitrogen and oxygen atoms in total. The van der Waals surface area contributed by atoms with Gasteiger partial charge in [-0.1, -0.05) is 30.9 Å². The third-order valence-corrected chi connectivity index (χ3v) is 4.33. The summed E-state index contributed by atoms with van der Waals surface area (Å²) in [5.74, 6) is -0.856. The summed E-state index contributed by atoms with van der Waals surface area (Å²) in [5, 5.41) is 12.8. The van der Waals surface area contributed by atoms with Crippen molar-refractivity contribution < 1.29 is 22.9 Å². The van der Waals surface area contributed by atoms with Crippen LogP contribution >= 0.6 is 0 Å². The van der Waals surface area contributed by atoms with Gasteiger partial charge in [0.1, 0.15) is 10.6 Å². The maximum Gasteiger partial charge on any atom is 0.296 e. The Bertz CT molecular complexity index is 858. The van der Waals surface area contributed by atoms with E-state index < -0.39 is 37.9 Å². The molecular formula is C15H19N3O5S. The molecule has 130 valence electrons. The number of carbonyl (C=O) groups is 1. The van der Waals surface area contributed by atoms with E-state index in [1.165, 1.54) is 12.2 Å². The smallest absolute Gasteiger partial charge is 0.296 e. The molecule has 0 bridgehead atoms. The monoisotopic (exact) mass is 353 g/mol. The highest BCUT2D eigenvalue weighted by Crippen LogP contribution is 2.37. The number of fused-ring (bicyclic) bond motifs is 1. The molecule has 0 spiro atoms. The van der Waals surface area contributed by atoms with Gasteiger partial charge in [0.05, 0.1) is 11.2 Å². The van der Waals surface area contributed by atoms with Crippen LogP contribution in [0.2, 0.25) is 0 Å². The molecule has 1 aromatic carbocycles. The summed E-state index contributed by atoms with van der Waals surface area (Å²) in [6.07, 6.45) is 7.38. The van der Waals surface area contributed by atoms with Crippen molar-refractivity contribution in [3.63, 3.8) is 0 Å². The SMILES string of the molecule is C=CC(=O)NC1(C)C=Cc2cc(S(=O)(=O)O)c(N)c(O)c2C=C1.N. The molecule has 1 amide bonds. The maximum atomic E-state index is 11.5. The van der Waals surface area contributed by atoms with Crippen LogP contribution in [0.15, 0.2) is 35.8 Å². The highest BCUT2D eigenvalue weighted by molar-refractivity contribution is 7.86. The zero-order valence-corrected chi connectivity index (χ0v) is 13.8. The number of benzene rings is 1. The number of hydrogen-bond donors (Lipinski definition) is 5. The van der Waals surface area contributed by atoms with Crippen molar-refractivity contribution in [2.75, 3.05) is 5.73 Å². The first-order valence-electron chi connectivity index (χ1n) is 6.53. The van der Waals surface area contributed by atoms with Crippen molar-refractivity contribution in [2.45, 2.75) is 17.4 Å². The van der Waals surface area contributed by atoms with E-state index in [0.29, 0.717) is 5.56 Å². The van der Waals surface area contributed by atoms with E-state index in [1.54, 1.807) is 19.1 Å². The van der Waals surface area contributed by atoms with E-state index in [2.05, 4.69) is 11.9 Å². The van der Waals surface area contributed by atoms with Gasteiger partial charge in [-0.25, -0.2) is 0 Å². The molecule has 1 atom stereocenters. The molecule has 1 unspecified atom stereocenters. The molecule has 9 heteroatoms. The Morgan fingerprint density at radius 2 is 1.96 bits per heavy atom. The average molecular weight is 353 g/mol. The van der Waals surface area contributed by atoms with Gasteiger partial charge in [-0.2, -0.15) is 8.42 Å². The number of nitrogens with two attached hydrogens (primary N) is 1. The molecule has 1 aromatic rings. The number of carbonyl (C=O) groups excluding carboxylic acids is 1. The average Bonchev–Trinajstić information content (AvgIpc) is 2.61. The largest absolute Gasteiger partial charge is 0.505 e. The van der Waals surface area contributed by atoms with Crippen molar-refractivity contribution >= 4 is 33.9 Å². The van der Waals surface area contributed by atoms with Gasteiger partial charge in [0, 0.05) is 5.56 Å². The fourth-order valence-corrected chi connectivity index (χ4v) is 2.85. The van der Waals surface area contributed by atoms with Gasteiger partial charge in [0.15, 0.2) is 0 Å². The molecule has 8 N–H and O–H groups in total. The maximum absolute atomic E-state index is 11.5. The lowest BCUT2D eigenvalue weighted by Gasteiger charge is -2.22. The van der Waals surface area contributed by atoms with E-state index in [0.717, 1.165) is 12.1 Å². The Balaban J connectivity index is 0.00000288. The third-order valence-electron chi connectivity index (χ3n) is 3.43. The van der Waals surface area contributed by atoms with Crippen LogP contribution in [0, 0.1) is 0 Å². The highest BCUT2D eigenvalue weighted by Gasteiger charge is 2.25. The standard InChI is InChI=1S/C15H16N2O5S.H3N/c1-3-12(18)17-15(2)6-4-9-8-11(23(20,21)22)13(16)14(19)10(9)5-7-15;/h3-8,19H,1,16H2,2H3,(H,17,18)(H,20,21,22);1H3. The van der Waals surface area contributed by atoms with Crippen LogP contribution in [-0.2, 0) is 14.9 Å². The zero-order chi connectivity index (χ0) is 17.4. The first-order valence-corrected chi connectivity index (χ1v) is 7.97. The van der Waals surface area contributed by atoms with Crippen LogP contribution in [0.4, 0.5) is 5.69 Å². The fourth-order valence-electron chi connectivity index (χ4n) is 2.20. The van der Waals surface area contributed by atoms with E-state index >= 15 is 0 Å². The number of phenolic OH excluding ortho intramolecular Hbond substituents is 1. The van der Waals surface area contributed by atoms with Crippen molar-refractivity contribution in [1.29, 1.82) is 0 Å². The van der Waals surface area contributed by atoms with E-state index in [9.17, 15) is 22.9 Å². The van der Waals surface area contributed by atoms with Crippen LogP contribution < -0.4 is 17.2 Å². The minimum absolute atomic E-state index is 0. The fraction of sp³-hybridized carbons (Fsp3) is 0.133. The lowest BCUT2D eigenvalue weighted by Crippen LogP contribution is -2.41. The molecular weight excluding hydrogens is 334 g/mol. The molecule has 0 saturated carbocycles. The van der Waals surface area contributed by atoms with E-state index in [1.807, 2.05) is 0 Å². The Kier molecular flexibility index (Phi) is 5.24. The lowest BCUT2D eigenvalue weighted by atomic mass is 10.0. The topological polar surface area (TPSA) is 165 Å². The molecule has 0 saturated heterocycles. The molecule has 0 aliphatic heterocycles. The van der Waals surface area contributed by atoms with Crippen LogP contribution in [0.25, 0.3) is 12.2 Å².